The van der Waals surface area contributed by atoms with Crippen molar-refractivity contribution in [3.63, 3.8) is 0 Å². The van der Waals surface area contributed by atoms with E-state index in [-0.39, 0.29) is 29.9 Å². The van der Waals surface area contributed by atoms with Crippen LogP contribution in [-0.4, -0.2) is 20.4 Å². The van der Waals surface area contributed by atoms with Crippen LogP contribution < -0.4 is 5.56 Å². The summed E-state index contributed by atoms with van der Waals surface area (Å²) in [5.74, 6) is -0.354. The largest absolute Gasteiger partial charge is 0.416 e. The van der Waals surface area contributed by atoms with Gasteiger partial charge in [0, 0.05) is 6.54 Å². The van der Waals surface area contributed by atoms with E-state index in [4.69, 9.17) is 4.98 Å². The SMILES string of the molecule is CC(c1nc2ccccc2c(=O)n1-c1ccc(C(F)(F)F)cc1)N(Cc1ccccc1)C(=O)Cc1ccc(C(F)(F)F)cc1. The molecule has 1 amide bonds. The molecule has 0 bridgehead atoms. The molecule has 5 aromatic rings. The van der Waals surface area contributed by atoms with Gasteiger partial charge in [-0.2, -0.15) is 26.3 Å². The lowest BCUT2D eigenvalue weighted by Gasteiger charge is -2.31. The number of alkyl halides is 6. The third-order valence-corrected chi connectivity index (χ3v) is 7.25. The van der Waals surface area contributed by atoms with E-state index >= 15 is 0 Å². The van der Waals surface area contributed by atoms with Crippen LogP contribution in [0.1, 0.15) is 41.0 Å². The van der Waals surface area contributed by atoms with Crippen molar-refractivity contribution < 1.29 is 31.1 Å². The molecular formula is C33H25F6N3O2. The number of hydrogen-bond acceptors (Lipinski definition) is 3. The van der Waals surface area contributed by atoms with Crippen molar-refractivity contribution >= 4 is 16.8 Å². The number of carbonyl (C=O) groups excluding carboxylic acids is 1. The van der Waals surface area contributed by atoms with Crippen LogP contribution in [0.15, 0.2) is 108 Å². The van der Waals surface area contributed by atoms with Gasteiger partial charge in [0.1, 0.15) is 5.82 Å². The molecule has 0 saturated heterocycles. The van der Waals surface area contributed by atoms with Gasteiger partial charge in [-0.1, -0.05) is 54.6 Å². The molecule has 0 fully saturated rings. The second-order valence-corrected chi connectivity index (χ2v) is 10.2. The van der Waals surface area contributed by atoms with Crippen LogP contribution in [0, 0.1) is 0 Å². The quantitative estimate of drug-likeness (QED) is 0.177. The fourth-order valence-electron chi connectivity index (χ4n) is 4.93. The molecule has 0 radical (unpaired) electrons. The van der Waals surface area contributed by atoms with Crippen LogP contribution >= 0.6 is 0 Å². The Hall–Kier alpha value is -4.93. The van der Waals surface area contributed by atoms with Crippen LogP contribution in [0.5, 0.6) is 0 Å². The van der Waals surface area contributed by atoms with Gasteiger partial charge >= 0.3 is 12.4 Å². The Kier molecular flexibility index (Phi) is 8.31. The van der Waals surface area contributed by atoms with E-state index in [1.807, 2.05) is 0 Å². The van der Waals surface area contributed by atoms with Gasteiger partial charge < -0.3 is 4.90 Å². The number of hydrogen-bond donors (Lipinski definition) is 0. The van der Waals surface area contributed by atoms with E-state index < -0.39 is 41.0 Å². The predicted octanol–water partition coefficient (Wildman–Crippen LogP) is 7.76. The standard InChI is InChI=1S/C33H25F6N3O2/c1-21(41(20-23-7-3-2-4-8-23)29(43)19-22-11-13-24(14-12-22)32(34,35)36)30-40-28-10-6-5-9-27(28)31(44)42(30)26-17-15-25(16-18-26)33(37,38)39/h2-18,21H,19-20H2,1H3. The number of aromatic nitrogens is 2. The van der Waals surface area contributed by atoms with Gasteiger partial charge in [-0.15, -0.1) is 0 Å². The van der Waals surface area contributed by atoms with Gasteiger partial charge in [0.25, 0.3) is 5.56 Å². The van der Waals surface area contributed by atoms with E-state index in [1.54, 1.807) is 61.5 Å². The molecule has 226 valence electrons. The Labute approximate surface area is 248 Å². The lowest BCUT2D eigenvalue weighted by atomic mass is 10.1. The molecule has 0 N–H and O–H groups in total. The van der Waals surface area contributed by atoms with Crippen LogP contribution in [-0.2, 0) is 30.1 Å². The maximum Gasteiger partial charge on any atom is 0.416 e. The first-order valence-corrected chi connectivity index (χ1v) is 13.5. The van der Waals surface area contributed by atoms with Crippen molar-refractivity contribution in [3.05, 3.63) is 142 Å². The first-order chi connectivity index (χ1) is 20.8. The minimum absolute atomic E-state index is 0.0667. The summed E-state index contributed by atoms with van der Waals surface area (Å²) in [6.45, 7) is 1.71. The first kappa shape index (κ1) is 30.5. The highest BCUT2D eigenvalue weighted by Gasteiger charge is 2.32. The molecule has 1 atom stereocenters. The number of para-hydroxylation sites is 1. The maximum atomic E-state index is 13.8. The molecule has 1 unspecified atom stereocenters. The number of carbonyl (C=O) groups is 1. The molecule has 1 aromatic heterocycles. The predicted molar refractivity (Wildman–Crippen MR) is 153 cm³/mol. The minimum Gasteiger partial charge on any atom is -0.328 e. The molecule has 0 aliphatic carbocycles. The van der Waals surface area contributed by atoms with E-state index in [9.17, 15) is 35.9 Å². The van der Waals surface area contributed by atoms with Crippen LogP contribution in [0.25, 0.3) is 16.6 Å². The third-order valence-electron chi connectivity index (χ3n) is 7.25. The van der Waals surface area contributed by atoms with Crippen molar-refractivity contribution in [2.75, 3.05) is 0 Å². The molecule has 5 rings (SSSR count). The highest BCUT2D eigenvalue weighted by atomic mass is 19.4. The second kappa shape index (κ2) is 12.0. The highest BCUT2D eigenvalue weighted by Crippen LogP contribution is 2.32. The lowest BCUT2D eigenvalue weighted by molar-refractivity contribution is -0.138. The number of benzene rings is 4. The Morgan fingerprint density at radius 3 is 1.89 bits per heavy atom. The summed E-state index contributed by atoms with van der Waals surface area (Å²) in [5, 5.41) is 0.231. The molecule has 1 heterocycles. The summed E-state index contributed by atoms with van der Waals surface area (Å²) in [4.78, 5) is 33.8. The topological polar surface area (TPSA) is 55.2 Å². The van der Waals surface area contributed by atoms with Gasteiger partial charge in [0.2, 0.25) is 5.91 Å². The summed E-state index contributed by atoms with van der Waals surface area (Å²) in [7, 11) is 0. The minimum atomic E-state index is -4.58. The Bertz CT molecular complexity index is 1830. The molecule has 4 aromatic carbocycles. The van der Waals surface area contributed by atoms with E-state index in [0.717, 1.165) is 29.8 Å². The molecule has 0 aliphatic rings. The zero-order valence-corrected chi connectivity index (χ0v) is 23.2. The molecule has 44 heavy (non-hydrogen) atoms. The third kappa shape index (κ3) is 6.51. The monoisotopic (exact) mass is 609 g/mol. The Morgan fingerprint density at radius 2 is 1.30 bits per heavy atom. The van der Waals surface area contributed by atoms with Crippen molar-refractivity contribution in [2.45, 2.75) is 38.3 Å². The van der Waals surface area contributed by atoms with E-state index in [0.29, 0.717) is 11.1 Å². The van der Waals surface area contributed by atoms with Gasteiger partial charge in [0.15, 0.2) is 0 Å². The average Bonchev–Trinajstić information content (AvgIpc) is 2.99. The number of halogens is 6. The molecule has 11 heteroatoms. The number of rotatable bonds is 7. The van der Waals surface area contributed by atoms with E-state index in [1.165, 1.54) is 33.7 Å². The summed E-state index contributed by atoms with van der Waals surface area (Å²) < 4.78 is 80.3. The first-order valence-electron chi connectivity index (χ1n) is 13.5. The van der Waals surface area contributed by atoms with E-state index in [2.05, 4.69) is 0 Å². The molecule has 0 saturated carbocycles. The summed E-state index contributed by atoms with van der Waals surface area (Å²) in [6.07, 6.45) is -9.36. The molecular weight excluding hydrogens is 584 g/mol. The fraction of sp³-hybridized carbons (Fsp3) is 0.182. The summed E-state index contributed by atoms with van der Waals surface area (Å²) in [6, 6.07) is 22.9. The molecule has 0 aliphatic heterocycles. The van der Waals surface area contributed by atoms with Crippen LogP contribution in [0.4, 0.5) is 26.3 Å². The second-order valence-electron chi connectivity index (χ2n) is 10.2. The Balaban J connectivity index is 1.60. The van der Waals surface area contributed by atoms with Gasteiger partial charge in [-0.25, -0.2) is 4.98 Å². The van der Waals surface area contributed by atoms with Crippen molar-refractivity contribution in [1.29, 1.82) is 0 Å². The van der Waals surface area contributed by atoms with Crippen LogP contribution in [0.3, 0.4) is 0 Å². The highest BCUT2D eigenvalue weighted by molar-refractivity contribution is 5.80. The van der Waals surface area contributed by atoms with Crippen LogP contribution in [0.2, 0.25) is 0 Å². The molecule has 5 nitrogen and oxygen atoms in total. The zero-order chi connectivity index (χ0) is 31.6. The lowest BCUT2D eigenvalue weighted by Crippen LogP contribution is -2.38. The molecule has 0 spiro atoms. The summed E-state index contributed by atoms with van der Waals surface area (Å²) in [5.41, 5.74) is -0.731. The smallest absolute Gasteiger partial charge is 0.328 e. The van der Waals surface area contributed by atoms with Crippen molar-refractivity contribution in [3.8, 4) is 5.69 Å². The maximum absolute atomic E-state index is 13.8. The average molecular weight is 610 g/mol. The number of amides is 1. The van der Waals surface area contributed by atoms with Crippen molar-refractivity contribution in [1.82, 2.24) is 14.5 Å². The zero-order valence-electron chi connectivity index (χ0n) is 23.2. The number of nitrogens with zero attached hydrogens (tertiary/aromatic N) is 3. The summed E-state index contributed by atoms with van der Waals surface area (Å²) >= 11 is 0. The Morgan fingerprint density at radius 1 is 0.750 bits per heavy atom. The van der Waals surface area contributed by atoms with Crippen molar-refractivity contribution in [2.24, 2.45) is 0 Å². The van der Waals surface area contributed by atoms with Gasteiger partial charge in [-0.05, 0) is 66.6 Å². The van der Waals surface area contributed by atoms with Gasteiger partial charge in [0.05, 0.1) is 40.2 Å². The number of fused-ring (bicyclic) bond motifs is 1. The van der Waals surface area contributed by atoms with Gasteiger partial charge in [-0.3, -0.25) is 14.2 Å². The normalized spacial score (nSPS) is 12.7. The fourth-order valence-corrected chi connectivity index (χ4v) is 4.93.